The summed E-state index contributed by atoms with van der Waals surface area (Å²) in [6, 6.07) is 8.14. The van der Waals surface area contributed by atoms with Crippen molar-refractivity contribution in [1.29, 1.82) is 0 Å². The van der Waals surface area contributed by atoms with Crippen LogP contribution in [0.3, 0.4) is 0 Å². The van der Waals surface area contributed by atoms with Crippen molar-refractivity contribution in [2.24, 2.45) is 0 Å². The van der Waals surface area contributed by atoms with Gasteiger partial charge in [0.15, 0.2) is 5.65 Å². The Kier molecular flexibility index (Phi) is 3.62. The van der Waals surface area contributed by atoms with Gasteiger partial charge in [-0.25, -0.2) is 13.9 Å². The molecule has 0 aliphatic carbocycles. The van der Waals surface area contributed by atoms with E-state index in [1.54, 1.807) is 47.3 Å². The number of fused-ring (bicyclic) bond motifs is 1. The summed E-state index contributed by atoms with van der Waals surface area (Å²) in [4.78, 5) is 16.8. The Labute approximate surface area is 145 Å². The van der Waals surface area contributed by atoms with Crippen LogP contribution in [-0.2, 0) is 4.79 Å². The molecule has 1 N–H and O–H groups in total. The van der Waals surface area contributed by atoms with Crippen molar-refractivity contribution < 1.29 is 9.18 Å². The Morgan fingerprint density at radius 2 is 2.12 bits per heavy atom. The maximum Gasteiger partial charge on any atom is 0.263 e. The minimum absolute atomic E-state index is 0.241. The molecule has 5 nitrogen and oxygen atoms in total. The van der Waals surface area contributed by atoms with Crippen molar-refractivity contribution in [2.45, 2.75) is 0 Å². The normalized spacial score (nSPS) is 16.1. The maximum atomic E-state index is 14.0. The molecule has 0 bridgehead atoms. The first kappa shape index (κ1) is 15.0. The highest BCUT2D eigenvalue weighted by Gasteiger charge is 2.22. The van der Waals surface area contributed by atoms with Gasteiger partial charge in [-0.05, 0) is 24.3 Å². The number of hydrogen-bond acceptors (Lipinski definition) is 5. The minimum Gasteiger partial charge on any atom is -0.307 e. The number of rotatable bonds is 2. The lowest BCUT2D eigenvalue weighted by Gasteiger charge is -2.03. The zero-order chi connectivity index (χ0) is 16.7. The molecule has 0 spiro atoms. The van der Waals surface area contributed by atoms with E-state index in [0.717, 1.165) is 0 Å². The van der Waals surface area contributed by atoms with Crippen LogP contribution < -0.4 is 5.32 Å². The number of aromatic nitrogens is 3. The van der Waals surface area contributed by atoms with Crippen LogP contribution in [0.1, 0.15) is 5.56 Å². The first-order valence-electron chi connectivity index (χ1n) is 6.96. The van der Waals surface area contributed by atoms with Gasteiger partial charge in [0.25, 0.3) is 5.91 Å². The third-order valence-electron chi connectivity index (χ3n) is 3.47. The number of halogens is 1. The number of nitrogens with one attached hydrogen (secondary N) is 1. The molecule has 0 unspecified atom stereocenters. The van der Waals surface area contributed by atoms with Crippen molar-refractivity contribution >= 4 is 45.9 Å². The van der Waals surface area contributed by atoms with Crippen molar-refractivity contribution in [2.75, 3.05) is 0 Å². The Bertz CT molecular complexity index is 1030. The van der Waals surface area contributed by atoms with E-state index in [9.17, 15) is 9.18 Å². The number of carbonyl (C=O) groups is 1. The lowest BCUT2D eigenvalue weighted by atomic mass is 10.1. The van der Waals surface area contributed by atoms with Crippen LogP contribution in [0.25, 0.3) is 23.0 Å². The van der Waals surface area contributed by atoms with Crippen LogP contribution in [0.2, 0.25) is 0 Å². The Balaban J connectivity index is 1.83. The molecule has 0 saturated carbocycles. The van der Waals surface area contributed by atoms with Crippen LogP contribution >= 0.6 is 24.0 Å². The van der Waals surface area contributed by atoms with Gasteiger partial charge in [-0.15, -0.1) is 0 Å². The summed E-state index contributed by atoms with van der Waals surface area (Å²) in [6.07, 6.45) is 4.99. The third kappa shape index (κ3) is 2.59. The molecule has 0 radical (unpaired) electrons. The topological polar surface area (TPSA) is 59.3 Å². The van der Waals surface area contributed by atoms with E-state index in [0.29, 0.717) is 31.7 Å². The fraction of sp³-hybridized carbons (Fsp3) is 0. The van der Waals surface area contributed by atoms with E-state index in [2.05, 4.69) is 15.4 Å². The predicted octanol–water partition coefficient (Wildman–Crippen LogP) is 3.02. The molecule has 1 aliphatic heterocycles. The second-order valence-corrected chi connectivity index (χ2v) is 6.73. The van der Waals surface area contributed by atoms with Crippen LogP contribution in [-0.4, -0.2) is 24.8 Å². The number of hydrogen-bond donors (Lipinski definition) is 1. The predicted molar refractivity (Wildman–Crippen MR) is 94.7 cm³/mol. The molecule has 1 saturated heterocycles. The summed E-state index contributed by atoms with van der Waals surface area (Å²) in [7, 11) is 0. The van der Waals surface area contributed by atoms with E-state index in [4.69, 9.17) is 12.2 Å². The summed E-state index contributed by atoms with van der Waals surface area (Å²) >= 11 is 6.17. The highest BCUT2D eigenvalue weighted by molar-refractivity contribution is 8.26. The molecule has 1 aliphatic rings. The summed E-state index contributed by atoms with van der Waals surface area (Å²) in [5.74, 6) is -0.584. The molecule has 3 heterocycles. The number of carbonyl (C=O) groups excluding carboxylic acids is 1. The smallest absolute Gasteiger partial charge is 0.263 e. The Hall–Kier alpha value is -2.58. The van der Waals surface area contributed by atoms with E-state index in [1.165, 1.54) is 17.8 Å². The molecule has 2 aromatic heterocycles. The van der Waals surface area contributed by atoms with Crippen molar-refractivity contribution in [3.63, 3.8) is 0 Å². The molecular weight excluding hydrogens is 347 g/mol. The molecule has 8 heteroatoms. The minimum atomic E-state index is -0.343. The highest BCUT2D eigenvalue weighted by Crippen LogP contribution is 2.27. The quantitative estimate of drug-likeness (QED) is 0.565. The monoisotopic (exact) mass is 356 g/mol. The van der Waals surface area contributed by atoms with E-state index in [1.807, 2.05) is 0 Å². The summed E-state index contributed by atoms with van der Waals surface area (Å²) in [5, 5.41) is 6.77. The van der Waals surface area contributed by atoms with Crippen LogP contribution in [0.15, 0.2) is 47.6 Å². The number of amides is 1. The zero-order valence-corrected chi connectivity index (χ0v) is 13.7. The molecule has 4 rings (SSSR count). The van der Waals surface area contributed by atoms with E-state index >= 15 is 0 Å². The fourth-order valence-electron chi connectivity index (χ4n) is 2.37. The summed E-state index contributed by atoms with van der Waals surface area (Å²) in [6.45, 7) is 0. The van der Waals surface area contributed by atoms with Gasteiger partial charge in [-0.2, -0.15) is 5.10 Å². The lowest BCUT2D eigenvalue weighted by Crippen LogP contribution is -2.17. The summed E-state index contributed by atoms with van der Waals surface area (Å²) in [5.41, 5.74) is 2.11. The maximum absolute atomic E-state index is 14.0. The fourth-order valence-corrected chi connectivity index (χ4v) is 3.40. The van der Waals surface area contributed by atoms with E-state index in [-0.39, 0.29) is 11.7 Å². The first-order valence-corrected chi connectivity index (χ1v) is 8.18. The number of nitrogens with zero attached hydrogens (tertiary/aromatic N) is 3. The first-order chi connectivity index (χ1) is 11.6. The van der Waals surface area contributed by atoms with Gasteiger partial charge >= 0.3 is 0 Å². The largest absolute Gasteiger partial charge is 0.307 e. The van der Waals surface area contributed by atoms with Crippen LogP contribution in [0, 0.1) is 5.82 Å². The van der Waals surface area contributed by atoms with Gasteiger partial charge in [-0.3, -0.25) is 4.79 Å². The number of thioether (sulfide) groups is 1. The molecule has 118 valence electrons. The van der Waals surface area contributed by atoms with Crippen molar-refractivity contribution in [3.05, 3.63) is 59.0 Å². The van der Waals surface area contributed by atoms with Crippen molar-refractivity contribution in [3.8, 4) is 11.3 Å². The zero-order valence-electron chi connectivity index (χ0n) is 12.1. The highest BCUT2D eigenvalue weighted by atomic mass is 32.2. The molecule has 1 aromatic carbocycles. The summed E-state index contributed by atoms with van der Waals surface area (Å²) < 4.78 is 16.0. The second-order valence-electron chi connectivity index (χ2n) is 5.01. The van der Waals surface area contributed by atoms with Gasteiger partial charge in [0.2, 0.25) is 0 Å². The van der Waals surface area contributed by atoms with Gasteiger partial charge in [-0.1, -0.05) is 36.1 Å². The number of thiocarbonyl (C=S) groups is 1. The van der Waals surface area contributed by atoms with Gasteiger partial charge in [0.1, 0.15) is 10.1 Å². The Morgan fingerprint density at radius 3 is 2.88 bits per heavy atom. The lowest BCUT2D eigenvalue weighted by molar-refractivity contribution is -0.115. The average molecular weight is 356 g/mol. The van der Waals surface area contributed by atoms with Gasteiger partial charge < -0.3 is 5.32 Å². The molecule has 0 atom stereocenters. The number of benzene rings is 1. The Morgan fingerprint density at radius 1 is 1.29 bits per heavy atom. The molecule has 24 heavy (non-hydrogen) atoms. The molecule has 1 amide bonds. The molecule has 3 aromatic rings. The van der Waals surface area contributed by atoms with Gasteiger partial charge in [0, 0.05) is 17.3 Å². The SMILES string of the molecule is O=C1NC(=S)S/C1=C\c1cnn2ccc(-c3ccccc3F)nc12. The average Bonchev–Trinajstić information content (AvgIpc) is 3.11. The second kappa shape index (κ2) is 5.81. The van der Waals surface area contributed by atoms with Gasteiger partial charge in [0.05, 0.1) is 16.8 Å². The van der Waals surface area contributed by atoms with Crippen LogP contribution in [0.5, 0.6) is 0 Å². The van der Waals surface area contributed by atoms with Crippen LogP contribution in [0.4, 0.5) is 4.39 Å². The van der Waals surface area contributed by atoms with Crippen molar-refractivity contribution in [1.82, 2.24) is 19.9 Å². The molecule has 1 fully saturated rings. The third-order valence-corrected chi connectivity index (χ3v) is 4.64. The van der Waals surface area contributed by atoms with E-state index < -0.39 is 0 Å². The standard InChI is InChI=1S/C16H9FN4OS2/c17-11-4-2-1-3-10(11)12-5-6-21-14(19-12)9(8-18-21)7-13-15(22)20-16(23)24-13/h1-8H,(H,20,22,23)/b13-7-. The molecular formula is C16H9FN4OS2.